The number of amides is 3. The second-order valence-corrected chi connectivity index (χ2v) is 7.31. The third kappa shape index (κ3) is 9.92. The van der Waals surface area contributed by atoms with Crippen molar-refractivity contribution in [3.05, 3.63) is 0 Å². The number of unbranched alkanes of at least 4 members (excludes halogenated alkanes) is 1. The molecule has 168 valence electrons. The lowest BCUT2D eigenvalue weighted by atomic mass is 10.0. The average Bonchev–Trinajstić information content (AvgIpc) is 2.67. The molecule has 0 aliphatic heterocycles. The standard InChI is InChI=1S/C17H33N5O6S/c1-9(2)13(16(26)20-11(17(27)28)5-3-4-6-18)22-15(25)12(7-23)21-14(24)10(19)8-29/h9-13,23,29H,3-8,18-19H2,1-2H3,(H,20,26)(H,21,24)(H,22,25)(H,27,28). The highest BCUT2D eigenvalue weighted by Crippen LogP contribution is 2.06. The molecule has 0 radical (unpaired) electrons. The van der Waals surface area contributed by atoms with Crippen molar-refractivity contribution in [3.8, 4) is 0 Å². The van der Waals surface area contributed by atoms with Gasteiger partial charge in [0.15, 0.2) is 0 Å². The van der Waals surface area contributed by atoms with E-state index in [-0.39, 0.29) is 18.1 Å². The Bertz CT molecular complexity index is 562. The number of hydrogen-bond donors (Lipinski definition) is 8. The topological polar surface area (TPSA) is 197 Å². The molecular weight excluding hydrogens is 402 g/mol. The summed E-state index contributed by atoms with van der Waals surface area (Å²) in [5, 5.41) is 25.8. The summed E-state index contributed by atoms with van der Waals surface area (Å²) >= 11 is 3.89. The molecule has 0 rings (SSSR count). The smallest absolute Gasteiger partial charge is 0.326 e. The van der Waals surface area contributed by atoms with Crippen molar-refractivity contribution in [2.75, 3.05) is 18.9 Å². The van der Waals surface area contributed by atoms with Gasteiger partial charge in [-0.1, -0.05) is 13.8 Å². The lowest BCUT2D eigenvalue weighted by Crippen LogP contribution is -2.59. The van der Waals surface area contributed by atoms with E-state index in [1.807, 2.05) is 0 Å². The second-order valence-electron chi connectivity index (χ2n) is 6.95. The Balaban J connectivity index is 5.09. The van der Waals surface area contributed by atoms with Crippen molar-refractivity contribution < 1.29 is 29.4 Å². The van der Waals surface area contributed by atoms with E-state index >= 15 is 0 Å². The van der Waals surface area contributed by atoms with E-state index in [9.17, 15) is 29.4 Å². The fraction of sp³-hybridized carbons (Fsp3) is 0.765. The lowest BCUT2D eigenvalue weighted by molar-refractivity contribution is -0.143. The molecule has 0 bridgehead atoms. The first-order valence-corrected chi connectivity index (χ1v) is 10.0. The maximum Gasteiger partial charge on any atom is 0.326 e. The van der Waals surface area contributed by atoms with E-state index < -0.39 is 54.5 Å². The highest BCUT2D eigenvalue weighted by molar-refractivity contribution is 7.80. The van der Waals surface area contributed by atoms with Gasteiger partial charge in [0.1, 0.15) is 18.1 Å². The summed E-state index contributed by atoms with van der Waals surface area (Å²) in [4.78, 5) is 48.2. The summed E-state index contributed by atoms with van der Waals surface area (Å²) in [6.07, 6.45) is 1.35. The van der Waals surface area contributed by atoms with Gasteiger partial charge in [-0.25, -0.2) is 4.79 Å². The Hall–Kier alpha value is -1.89. The van der Waals surface area contributed by atoms with Gasteiger partial charge in [0.2, 0.25) is 17.7 Å². The third-order valence-corrected chi connectivity index (χ3v) is 4.55. The van der Waals surface area contributed by atoms with Crippen LogP contribution in [0.2, 0.25) is 0 Å². The van der Waals surface area contributed by atoms with Gasteiger partial charge >= 0.3 is 5.97 Å². The monoisotopic (exact) mass is 435 g/mol. The molecule has 0 heterocycles. The fourth-order valence-corrected chi connectivity index (χ4v) is 2.52. The number of thiol groups is 1. The molecule has 0 aliphatic rings. The number of aliphatic hydroxyl groups excluding tert-OH is 1. The number of nitrogens with two attached hydrogens (primary N) is 2. The van der Waals surface area contributed by atoms with Crippen molar-refractivity contribution in [2.45, 2.75) is 57.3 Å². The van der Waals surface area contributed by atoms with Gasteiger partial charge in [0.05, 0.1) is 12.6 Å². The summed E-state index contributed by atoms with van der Waals surface area (Å²) < 4.78 is 0. The molecular formula is C17H33N5O6S. The zero-order valence-corrected chi connectivity index (χ0v) is 17.7. The predicted octanol–water partition coefficient (Wildman–Crippen LogP) is -2.44. The van der Waals surface area contributed by atoms with Crippen molar-refractivity contribution in [2.24, 2.45) is 17.4 Å². The molecule has 0 fully saturated rings. The van der Waals surface area contributed by atoms with Gasteiger partial charge in [0, 0.05) is 5.75 Å². The number of aliphatic hydroxyl groups is 1. The number of carboxylic acid groups (broad SMARTS) is 1. The largest absolute Gasteiger partial charge is 0.480 e. The number of carbonyl (C=O) groups is 4. The average molecular weight is 436 g/mol. The zero-order valence-electron chi connectivity index (χ0n) is 16.8. The Morgan fingerprint density at radius 1 is 0.966 bits per heavy atom. The summed E-state index contributed by atoms with van der Waals surface area (Å²) in [5.41, 5.74) is 10.9. The predicted molar refractivity (Wildman–Crippen MR) is 110 cm³/mol. The van der Waals surface area contributed by atoms with E-state index in [4.69, 9.17) is 11.5 Å². The van der Waals surface area contributed by atoms with Crippen LogP contribution in [-0.4, -0.2) is 77.0 Å². The van der Waals surface area contributed by atoms with Gasteiger partial charge in [-0.2, -0.15) is 12.6 Å². The van der Waals surface area contributed by atoms with Crippen molar-refractivity contribution >= 4 is 36.3 Å². The van der Waals surface area contributed by atoms with Gasteiger partial charge < -0.3 is 37.6 Å². The van der Waals surface area contributed by atoms with Crippen LogP contribution in [0, 0.1) is 5.92 Å². The molecule has 9 N–H and O–H groups in total. The minimum Gasteiger partial charge on any atom is -0.480 e. The normalized spacial score (nSPS) is 15.1. The van der Waals surface area contributed by atoms with Crippen molar-refractivity contribution in [1.82, 2.24) is 16.0 Å². The molecule has 0 aromatic carbocycles. The number of aliphatic carboxylic acids is 1. The highest BCUT2D eigenvalue weighted by atomic mass is 32.1. The Morgan fingerprint density at radius 3 is 2.00 bits per heavy atom. The molecule has 29 heavy (non-hydrogen) atoms. The van der Waals surface area contributed by atoms with Crippen LogP contribution in [-0.2, 0) is 19.2 Å². The van der Waals surface area contributed by atoms with E-state index in [0.717, 1.165) is 0 Å². The minimum atomic E-state index is -1.32. The van der Waals surface area contributed by atoms with E-state index in [0.29, 0.717) is 19.4 Å². The van der Waals surface area contributed by atoms with Crippen molar-refractivity contribution in [3.63, 3.8) is 0 Å². The Labute approximate surface area is 175 Å². The molecule has 3 amide bonds. The summed E-state index contributed by atoms with van der Waals surface area (Å²) in [7, 11) is 0. The first-order chi connectivity index (χ1) is 13.6. The van der Waals surface area contributed by atoms with Gasteiger partial charge in [-0.3, -0.25) is 14.4 Å². The van der Waals surface area contributed by atoms with Crippen LogP contribution in [0.4, 0.5) is 0 Å². The third-order valence-electron chi connectivity index (χ3n) is 4.16. The quantitative estimate of drug-likeness (QED) is 0.109. The van der Waals surface area contributed by atoms with Gasteiger partial charge in [-0.15, -0.1) is 0 Å². The van der Waals surface area contributed by atoms with Crippen LogP contribution in [0.3, 0.4) is 0 Å². The number of rotatable bonds is 14. The number of carbonyl (C=O) groups excluding carboxylic acids is 3. The molecule has 0 saturated heterocycles. The summed E-state index contributed by atoms with van der Waals surface area (Å²) in [6, 6.07) is -4.46. The highest BCUT2D eigenvalue weighted by Gasteiger charge is 2.31. The van der Waals surface area contributed by atoms with Crippen LogP contribution >= 0.6 is 12.6 Å². The van der Waals surface area contributed by atoms with E-state index in [1.54, 1.807) is 13.8 Å². The molecule has 0 saturated carbocycles. The van der Waals surface area contributed by atoms with Crippen LogP contribution in [0.5, 0.6) is 0 Å². The fourth-order valence-electron chi connectivity index (χ4n) is 2.36. The van der Waals surface area contributed by atoms with Gasteiger partial charge in [0.25, 0.3) is 0 Å². The first kappa shape index (κ1) is 27.1. The molecule has 0 spiro atoms. The Kier molecular flexibility index (Phi) is 13.2. The SMILES string of the molecule is CC(C)C(NC(=O)C(CO)NC(=O)C(N)CS)C(=O)NC(CCCCN)C(=O)O. The van der Waals surface area contributed by atoms with Gasteiger partial charge in [-0.05, 0) is 31.7 Å². The molecule has 12 heteroatoms. The molecule has 4 atom stereocenters. The first-order valence-electron chi connectivity index (χ1n) is 9.40. The number of nitrogens with one attached hydrogen (secondary N) is 3. The van der Waals surface area contributed by atoms with Crippen molar-refractivity contribution in [1.29, 1.82) is 0 Å². The van der Waals surface area contributed by atoms with Crippen LogP contribution in [0.15, 0.2) is 0 Å². The maximum atomic E-state index is 12.6. The maximum absolute atomic E-state index is 12.6. The summed E-state index contributed by atoms with van der Waals surface area (Å²) in [5.74, 6) is -3.67. The second kappa shape index (κ2) is 14.1. The van der Waals surface area contributed by atoms with Crippen LogP contribution < -0.4 is 27.4 Å². The molecule has 0 aromatic rings. The van der Waals surface area contributed by atoms with Crippen LogP contribution in [0.1, 0.15) is 33.1 Å². The molecule has 11 nitrogen and oxygen atoms in total. The number of carboxylic acids is 1. The van der Waals surface area contributed by atoms with E-state index in [1.165, 1.54) is 0 Å². The van der Waals surface area contributed by atoms with E-state index in [2.05, 4.69) is 28.6 Å². The summed E-state index contributed by atoms with van der Waals surface area (Å²) in [6.45, 7) is 3.03. The molecule has 4 unspecified atom stereocenters. The number of hydrogen-bond acceptors (Lipinski definition) is 8. The molecule has 0 aromatic heterocycles. The minimum absolute atomic E-state index is 0.0450. The van der Waals surface area contributed by atoms with Crippen LogP contribution in [0.25, 0.3) is 0 Å². The Morgan fingerprint density at radius 2 is 1.55 bits per heavy atom. The zero-order chi connectivity index (χ0) is 22.6. The lowest BCUT2D eigenvalue weighted by Gasteiger charge is -2.26. The molecule has 0 aliphatic carbocycles.